The summed E-state index contributed by atoms with van der Waals surface area (Å²) < 4.78 is 13.0. The van der Waals surface area contributed by atoms with Crippen molar-refractivity contribution in [3.05, 3.63) is 83.0 Å². The zero-order valence-electron chi connectivity index (χ0n) is 17.2. The molecule has 160 valence electrons. The van der Waals surface area contributed by atoms with Crippen molar-refractivity contribution < 1.29 is 14.0 Å². The number of carbonyl (C=O) groups excluding carboxylic acids is 2. The molecule has 0 saturated carbocycles. The number of hydrogen-bond donors (Lipinski definition) is 1. The summed E-state index contributed by atoms with van der Waals surface area (Å²) in [5, 5.41) is 5.01. The molecule has 1 aliphatic rings. The lowest BCUT2D eigenvalue weighted by Gasteiger charge is -2.31. The standard InChI is InChI=1S/C25H25FN2O2S/c26-22-9-3-18(4-10-22)11-14-27-24(29)20-12-15-28(16-13-20)25(30)21-7-5-19(6-8-21)23-2-1-17-31-23/h1-10,17,20H,11-16H2,(H,27,29). The molecule has 0 unspecified atom stereocenters. The number of amides is 2. The van der Waals surface area contributed by atoms with Crippen LogP contribution < -0.4 is 5.32 Å². The van der Waals surface area contributed by atoms with E-state index in [1.807, 2.05) is 40.6 Å². The van der Waals surface area contributed by atoms with Crippen molar-refractivity contribution in [1.82, 2.24) is 10.2 Å². The van der Waals surface area contributed by atoms with E-state index < -0.39 is 0 Å². The number of halogens is 1. The second-order valence-corrected chi connectivity index (χ2v) is 8.74. The largest absolute Gasteiger partial charge is 0.356 e. The van der Waals surface area contributed by atoms with Gasteiger partial charge in [-0.25, -0.2) is 4.39 Å². The molecule has 2 aromatic carbocycles. The number of likely N-dealkylation sites (tertiary alicyclic amines) is 1. The van der Waals surface area contributed by atoms with E-state index in [9.17, 15) is 14.0 Å². The predicted octanol–water partition coefficient (Wildman–Crippen LogP) is 4.77. The Kier molecular flexibility index (Phi) is 6.77. The minimum Gasteiger partial charge on any atom is -0.356 e. The molecular weight excluding hydrogens is 411 g/mol. The molecule has 2 heterocycles. The van der Waals surface area contributed by atoms with E-state index in [1.54, 1.807) is 23.5 Å². The Morgan fingerprint density at radius 2 is 1.71 bits per heavy atom. The monoisotopic (exact) mass is 436 g/mol. The third-order valence-electron chi connectivity index (χ3n) is 5.72. The van der Waals surface area contributed by atoms with Crippen LogP contribution in [0.4, 0.5) is 4.39 Å². The van der Waals surface area contributed by atoms with Crippen LogP contribution in [0.5, 0.6) is 0 Å². The highest BCUT2D eigenvalue weighted by Crippen LogP contribution is 2.25. The Morgan fingerprint density at radius 3 is 2.35 bits per heavy atom. The lowest BCUT2D eigenvalue weighted by molar-refractivity contribution is -0.126. The third-order valence-corrected chi connectivity index (χ3v) is 6.64. The zero-order valence-corrected chi connectivity index (χ0v) is 18.0. The molecule has 1 aliphatic heterocycles. The maximum absolute atomic E-state index is 13.0. The molecule has 0 aliphatic carbocycles. The molecule has 1 saturated heterocycles. The van der Waals surface area contributed by atoms with E-state index in [2.05, 4.69) is 11.4 Å². The summed E-state index contributed by atoms with van der Waals surface area (Å²) in [4.78, 5) is 28.3. The van der Waals surface area contributed by atoms with Crippen LogP contribution in [0.15, 0.2) is 66.0 Å². The number of hydrogen-bond acceptors (Lipinski definition) is 3. The SMILES string of the molecule is O=C(NCCc1ccc(F)cc1)C1CCN(C(=O)c2ccc(-c3cccs3)cc2)CC1. The second-order valence-electron chi connectivity index (χ2n) is 7.79. The summed E-state index contributed by atoms with van der Waals surface area (Å²) in [5.74, 6) is -0.270. The number of rotatable bonds is 6. The average molecular weight is 437 g/mol. The van der Waals surface area contributed by atoms with Gasteiger partial charge in [0.05, 0.1) is 0 Å². The van der Waals surface area contributed by atoms with Crippen LogP contribution in [0, 0.1) is 11.7 Å². The van der Waals surface area contributed by atoms with Gasteiger partial charge in [0.2, 0.25) is 5.91 Å². The molecule has 1 N–H and O–H groups in total. The van der Waals surface area contributed by atoms with Gasteiger partial charge in [-0.3, -0.25) is 9.59 Å². The van der Waals surface area contributed by atoms with Crippen LogP contribution >= 0.6 is 11.3 Å². The van der Waals surface area contributed by atoms with Crippen molar-refractivity contribution in [3.63, 3.8) is 0 Å². The smallest absolute Gasteiger partial charge is 0.253 e. The second kappa shape index (κ2) is 9.88. The molecule has 1 aromatic heterocycles. The Bertz CT molecular complexity index is 1010. The van der Waals surface area contributed by atoms with Gasteiger partial charge in [0.25, 0.3) is 5.91 Å². The van der Waals surface area contributed by atoms with E-state index >= 15 is 0 Å². The number of thiophene rings is 1. The fraction of sp³-hybridized carbons (Fsp3) is 0.280. The number of piperidine rings is 1. The fourth-order valence-electron chi connectivity index (χ4n) is 3.87. The normalized spacial score (nSPS) is 14.4. The predicted molar refractivity (Wildman–Crippen MR) is 121 cm³/mol. The topological polar surface area (TPSA) is 49.4 Å². The molecule has 1 fully saturated rings. The molecule has 6 heteroatoms. The fourth-order valence-corrected chi connectivity index (χ4v) is 4.61. The van der Waals surface area contributed by atoms with Crippen molar-refractivity contribution in [1.29, 1.82) is 0 Å². The third kappa shape index (κ3) is 5.39. The molecule has 2 amide bonds. The molecular formula is C25H25FN2O2S. The number of carbonyl (C=O) groups is 2. The maximum Gasteiger partial charge on any atom is 0.253 e. The van der Waals surface area contributed by atoms with Crippen LogP contribution in [-0.4, -0.2) is 36.3 Å². The summed E-state index contributed by atoms with van der Waals surface area (Å²) in [5.41, 5.74) is 2.79. The molecule has 3 aromatic rings. The highest BCUT2D eigenvalue weighted by atomic mass is 32.1. The van der Waals surface area contributed by atoms with Crippen molar-refractivity contribution in [2.24, 2.45) is 5.92 Å². The van der Waals surface area contributed by atoms with Crippen LogP contribution in [0.3, 0.4) is 0 Å². The number of nitrogens with one attached hydrogen (secondary N) is 1. The van der Waals surface area contributed by atoms with E-state index in [4.69, 9.17) is 0 Å². The Morgan fingerprint density at radius 1 is 1.00 bits per heavy atom. The first kappa shape index (κ1) is 21.2. The summed E-state index contributed by atoms with van der Waals surface area (Å²) in [6.07, 6.45) is 2.01. The van der Waals surface area contributed by atoms with E-state index in [1.165, 1.54) is 17.0 Å². The van der Waals surface area contributed by atoms with Gasteiger partial charge in [0, 0.05) is 36.0 Å². The summed E-state index contributed by atoms with van der Waals surface area (Å²) in [6, 6.07) is 18.1. The molecule has 0 atom stereocenters. The van der Waals surface area contributed by atoms with Crippen LogP contribution in [-0.2, 0) is 11.2 Å². The van der Waals surface area contributed by atoms with E-state index in [-0.39, 0.29) is 23.5 Å². The quantitative estimate of drug-likeness (QED) is 0.605. The first-order valence-corrected chi connectivity index (χ1v) is 11.4. The van der Waals surface area contributed by atoms with Gasteiger partial charge in [-0.2, -0.15) is 0 Å². The van der Waals surface area contributed by atoms with Crippen molar-refractivity contribution in [2.75, 3.05) is 19.6 Å². The molecule has 4 nitrogen and oxygen atoms in total. The van der Waals surface area contributed by atoms with Crippen molar-refractivity contribution >= 4 is 23.2 Å². The van der Waals surface area contributed by atoms with Crippen LogP contribution in [0.25, 0.3) is 10.4 Å². The number of benzene rings is 2. The average Bonchev–Trinajstić information content (AvgIpc) is 3.35. The van der Waals surface area contributed by atoms with Crippen LogP contribution in [0.2, 0.25) is 0 Å². The Balaban J connectivity index is 1.23. The van der Waals surface area contributed by atoms with Crippen molar-refractivity contribution in [3.8, 4) is 10.4 Å². The van der Waals surface area contributed by atoms with Gasteiger partial charge < -0.3 is 10.2 Å². The summed E-state index contributed by atoms with van der Waals surface area (Å²) in [6.45, 7) is 1.70. The Labute approximate surface area is 185 Å². The van der Waals surface area contributed by atoms with E-state index in [0.29, 0.717) is 44.5 Å². The lowest BCUT2D eigenvalue weighted by atomic mass is 9.95. The molecule has 0 spiro atoms. The van der Waals surface area contributed by atoms with Gasteiger partial charge in [0.1, 0.15) is 5.82 Å². The highest BCUT2D eigenvalue weighted by Gasteiger charge is 2.27. The van der Waals surface area contributed by atoms with Gasteiger partial charge in [0.15, 0.2) is 0 Å². The van der Waals surface area contributed by atoms with Gasteiger partial charge in [-0.15, -0.1) is 11.3 Å². The van der Waals surface area contributed by atoms with Gasteiger partial charge >= 0.3 is 0 Å². The summed E-state index contributed by atoms with van der Waals surface area (Å²) >= 11 is 1.68. The number of nitrogens with zero attached hydrogens (tertiary/aromatic N) is 1. The first-order chi connectivity index (χ1) is 15.1. The zero-order chi connectivity index (χ0) is 21.6. The highest BCUT2D eigenvalue weighted by molar-refractivity contribution is 7.13. The molecule has 0 bridgehead atoms. The minimum atomic E-state index is -0.257. The van der Waals surface area contributed by atoms with Crippen LogP contribution in [0.1, 0.15) is 28.8 Å². The maximum atomic E-state index is 13.0. The molecule has 4 rings (SSSR count). The lowest BCUT2D eigenvalue weighted by Crippen LogP contribution is -2.43. The van der Waals surface area contributed by atoms with E-state index in [0.717, 1.165) is 11.1 Å². The summed E-state index contributed by atoms with van der Waals surface area (Å²) in [7, 11) is 0. The Hall–Kier alpha value is -2.99. The van der Waals surface area contributed by atoms with Gasteiger partial charge in [-0.05, 0) is 66.1 Å². The van der Waals surface area contributed by atoms with Gasteiger partial charge in [-0.1, -0.05) is 30.3 Å². The molecule has 0 radical (unpaired) electrons. The minimum absolute atomic E-state index is 0.0212. The first-order valence-electron chi connectivity index (χ1n) is 10.6. The molecule has 31 heavy (non-hydrogen) atoms. The van der Waals surface area contributed by atoms with Crippen molar-refractivity contribution in [2.45, 2.75) is 19.3 Å².